The fourth-order valence-electron chi connectivity index (χ4n) is 4.66. The van der Waals surface area contributed by atoms with E-state index in [1.165, 1.54) is 11.1 Å². The lowest BCUT2D eigenvalue weighted by molar-refractivity contribution is 0.0989. The lowest BCUT2D eigenvalue weighted by Gasteiger charge is -2.25. The molecule has 3 rings (SSSR count). The standard InChI is InChI=1S/C33H43NO5/c1-21(2)11-10-12-23(5)16-18-38-29-20-27-25(7)34(33(35)31(27)32(37-9)24(29)6)28-14-13-26(36-8)19-30(28)39-17-15-22(3)4/h11,13-16,19-20,25H,10,12,17-18H2,1-9H3. The minimum absolute atomic E-state index is 0.128. The third-order valence-electron chi connectivity index (χ3n) is 6.91. The van der Waals surface area contributed by atoms with Crippen LogP contribution in [-0.2, 0) is 0 Å². The number of hydrogen-bond acceptors (Lipinski definition) is 5. The minimum Gasteiger partial charge on any atom is -0.497 e. The molecule has 6 nitrogen and oxygen atoms in total. The lowest BCUT2D eigenvalue weighted by Crippen LogP contribution is -2.27. The summed E-state index contributed by atoms with van der Waals surface area (Å²) < 4.78 is 23.5. The fraction of sp³-hybridized carbons (Fsp3) is 0.424. The van der Waals surface area contributed by atoms with Crippen LogP contribution in [0.25, 0.3) is 0 Å². The number of hydrogen-bond donors (Lipinski definition) is 0. The average Bonchev–Trinajstić information content (AvgIpc) is 3.13. The summed E-state index contributed by atoms with van der Waals surface area (Å²) in [5.41, 5.74) is 6.70. The predicted molar refractivity (Wildman–Crippen MR) is 159 cm³/mol. The molecule has 0 aliphatic carbocycles. The second kappa shape index (κ2) is 13.4. The molecular formula is C33H43NO5. The molecule has 1 heterocycles. The van der Waals surface area contributed by atoms with Crippen molar-refractivity contribution < 1.29 is 23.7 Å². The van der Waals surface area contributed by atoms with Crippen molar-refractivity contribution in [2.75, 3.05) is 32.3 Å². The summed E-state index contributed by atoms with van der Waals surface area (Å²) >= 11 is 0. The predicted octanol–water partition coefficient (Wildman–Crippen LogP) is 8.15. The van der Waals surface area contributed by atoms with E-state index in [1.807, 2.05) is 58.0 Å². The number of methoxy groups -OCH3 is 2. The van der Waals surface area contributed by atoms with Crippen molar-refractivity contribution in [3.05, 3.63) is 75.9 Å². The number of carbonyl (C=O) groups is 1. The SMILES string of the molecule is COc1ccc(N2C(=O)c3c(cc(OCC=C(C)CCC=C(C)C)c(C)c3OC)C2C)c(OCC=C(C)C)c1. The van der Waals surface area contributed by atoms with Crippen LogP contribution in [0.4, 0.5) is 5.69 Å². The molecule has 1 unspecified atom stereocenters. The summed E-state index contributed by atoms with van der Waals surface area (Å²) in [7, 11) is 3.21. The number of fused-ring (bicyclic) bond motifs is 1. The number of allylic oxidation sites excluding steroid dienone is 4. The van der Waals surface area contributed by atoms with Crippen molar-refractivity contribution in [1.29, 1.82) is 0 Å². The Morgan fingerprint density at radius 1 is 0.897 bits per heavy atom. The summed E-state index contributed by atoms with van der Waals surface area (Å²) in [6, 6.07) is 7.27. The van der Waals surface area contributed by atoms with Crippen LogP contribution in [0.3, 0.4) is 0 Å². The number of carbonyl (C=O) groups excluding carboxylic acids is 1. The van der Waals surface area contributed by atoms with Crippen LogP contribution in [0.2, 0.25) is 0 Å². The van der Waals surface area contributed by atoms with Gasteiger partial charge in [-0.1, -0.05) is 22.8 Å². The second-order valence-corrected chi connectivity index (χ2v) is 10.5. The van der Waals surface area contributed by atoms with Crippen molar-refractivity contribution in [1.82, 2.24) is 0 Å². The van der Waals surface area contributed by atoms with E-state index in [2.05, 4.69) is 32.9 Å². The lowest BCUT2D eigenvalue weighted by atomic mass is 10.0. The van der Waals surface area contributed by atoms with Gasteiger partial charge in [0.2, 0.25) is 0 Å². The van der Waals surface area contributed by atoms with Crippen molar-refractivity contribution in [3.8, 4) is 23.0 Å². The molecule has 0 saturated heterocycles. The second-order valence-electron chi connectivity index (χ2n) is 10.5. The summed E-state index contributed by atoms with van der Waals surface area (Å²) in [6.45, 7) is 15.2. The van der Waals surface area contributed by atoms with E-state index in [9.17, 15) is 4.79 Å². The third kappa shape index (κ3) is 7.05. The van der Waals surface area contributed by atoms with Crippen LogP contribution < -0.4 is 23.8 Å². The van der Waals surface area contributed by atoms with Crippen molar-refractivity contribution >= 4 is 11.6 Å². The molecular weight excluding hydrogens is 490 g/mol. The van der Waals surface area contributed by atoms with Gasteiger partial charge in [-0.25, -0.2) is 0 Å². The number of anilines is 1. The average molecular weight is 534 g/mol. The highest BCUT2D eigenvalue weighted by Gasteiger charge is 2.40. The van der Waals surface area contributed by atoms with Crippen molar-refractivity contribution in [3.63, 3.8) is 0 Å². The van der Waals surface area contributed by atoms with Gasteiger partial charge < -0.3 is 18.9 Å². The van der Waals surface area contributed by atoms with Crippen LogP contribution in [0.15, 0.2) is 59.2 Å². The van der Waals surface area contributed by atoms with Gasteiger partial charge in [0.1, 0.15) is 36.2 Å². The molecule has 210 valence electrons. The smallest absolute Gasteiger partial charge is 0.263 e. The maximum Gasteiger partial charge on any atom is 0.263 e. The van der Waals surface area contributed by atoms with Gasteiger partial charge in [0.15, 0.2) is 0 Å². The van der Waals surface area contributed by atoms with Gasteiger partial charge in [0, 0.05) is 11.6 Å². The monoisotopic (exact) mass is 533 g/mol. The zero-order valence-electron chi connectivity index (χ0n) is 24.9. The molecule has 6 heteroatoms. The number of ether oxygens (including phenoxy) is 4. The Kier molecular flexibility index (Phi) is 10.3. The van der Waals surface area contributed by atoms with E-state index in [0.29, 0.717) is 41.7 Å². The van der Waals surface area contributed by atoms with E-state index in [-0.39, 0.29) is 11.9 Å². The number of nitrogens with zero attached hydrogens (tertiary/aromatic N) is 1. The van der Waals surface area contributed by atoms with Crippen LogP contribution in [0.1, 0.15) is 81.9 Å². The molecule has 1 amide bonds. The highest BCUT2D eigenvalue weighted by Crippen LogP contribution is 2.48. The van der Waals surface area contributed by atoms with E-state index in [1.54, 1.807) is 19.1 Å². The van der Waals surface area contributed by atoms with E-state index >= 15 is 0 Å². The summed E-state index contributed by atoms with van der Waals surface area (Å²) in [4.78, 5) is 15.6. The van der Waals surface area contributed by atoms with Gasteiger partial charge in [-0.05, 0) is 97.2 Å². The molecule has 2 aromatic rings. The Morgan fingerprint density at radius 3 is 2.21 bits per heavy atom. The van der Waals surface area contributed by atoms with Crippen LogP contribution in [0.5, 0.6) is 23.0 Å². The number of rotatable bonds is 12. The molecule has 0 spiro atoms. The van der Waals surface area contributed by atoms with Crippen molar-refractivity contribution in [2.45, 2.75) is 67.3 Å². The first-order valence-electron chi connectivity index (χ1n) is 13.5. The summed E-state index contributed by atoms with van der Waals surface area (Å²) in [6.07, 6.45) is 8.39. The van der Waals surface area contributed by atoms with Gasteiger partial charge in [-0.15, -0.1) is 0 Å². The maximum atomic E-state index is 13.9. The molecule has 1 aliphatic heterocycles. The van der Waals surface area contributed by atoms with Gasteiger partial charge in [0.25, 0.3) is 5.91 Å². The first kappa shape index (κ1) is 29.9. The summed E-state index contributed by atoms with van der Waals surface area (Å²) in [5.74, 6) is 2.38. The Labute approximate surface area is 233 Å². The third-order valence-corrected chi connectivity index (χ3v) is 6.91. The zero-order valence-corrected chi connectivity index (χ0v) is 24.9. The number of benzene rings is 2. The zero-order chi connectivity index (χ0) is 28.7. The molecule has 0 aromatic heterocycles. The molecule has 0 fully saturated rings. The Hall–Kier alpha value is -3.67. The van der Waals surface area contributed by atoms with Gasteiger partial charge >= 0.3 is 0 Å². The maximum absolute atomic E-state index is 13.9. The van der Waals surface area contributed by atoms with Gasteiger partial charge in [-0.3, -0.25) is 9.69 Å². The molecule has 2 aromatic carbocycles. The Balaban J connectivity index is 1.92. The highest BCUT2D eigenvalue weighted by atomic mass is 16.5. The molecule has 1 aliphatic rings. The molecule has 0 N–H and O–H groups in total. The Morgan fingerprint density at radius 2 is 1.56 bits per heavy atom. The van der Waals surface area contributed by atoms with E-state index < -0.39 is 0 Å². The Bertz CT molecular complexity index is 1280. The van der Waals surface area contributed by atoms with Gasteiger partial charge in [-0.2, -0.15) is 0 Å². The van der Waals surface area contributed by atoms with Crippen LogP contribution in [-0.4, -0.2) is 33.3 Å². The van der Waals surface area contributed by atoms with Crippen molar-refractivity contribution in [2.24, 2.45) is 0 Å². The van der Waals surface area contributed by atoms with Crippen LogP contribution >= 0.6 is 0 Å². The molecule has 0 bridgehead atoms. The molecule has 39 heavy (non-hydrogen) atoms. The fourth-order valence-corrected chi connectivity index (χ4v) is 4.66. The van der Waals surface area contributed by atoms with E-state index in [0.717, 1.165) is 35.3 Å². The molecule has 1 atom stereocenters. The minimum atomic E-state index is -0.245. The largest absolute Gasteiger partial charge is 0.497 e. The number of amides is 1. The topological polar surface area (TPSA) is 57.2 Å². The normalized spacial score (nSPS) is 14.6. The first-order valence-corrected chi connectivity index (χ1v) is 13.5. The van der Waals surface area contributed by atoms with Gasteiger partial charge in [0.05, 0.1) is 31.5 Å². The van der Waals surface area contributed by atoms with Crippen LogP contribution in [0, 0.1) is 6.92 Å². The molecule has 0 radical (unpaired) electrons. The molecule has 0 saturated carbocycles. The quantitative estimate of drug-likeness (QED) is 0.258. The summed E-state index contributed by atoms with van der Waals surface area (Å²) in [5, 5.41) is 0. The highest BCUT2D eigenvalue weighted by molar-refractivity contribution is 6.14. The first-order chi connectivity index (χ1) is 18.6. The van der Waals surface area contributed by atoms with E-state index in [4.69, 9.17) is 18.9 Å².